The molecule has 0 aromatic heterocycles. The topological polar surface area (TPSA) is 33.5 Å². The van der Waals surface area contributed by atoms with E-state index in [0.29, 0.717) is 12.6 Å². The third-order valence-electron chi connectivity index (χ3n) is 5.79. The van der Waals surface area contributed by atoms with Crippen LogP contribution in [0.5, 0.6) is 0 Å². The second-order valence-electron chi connectivity index (χ2n) is 7.18. The van der Waals surface area contributed by atoms with Crippen LogP contribution in [0.1, 0.15) is 51.9 Å². The Kier molecular flexibility index (Phi) is 4.11. The third-order valence-corrected chi connectivity index (χ3v) is 5.79. The molecule has 2 saturated carbocycles. The fourth-order valence-electron chi connectivity index (χ4n) is 4.77. The highest BCUT2D eigenvalue weighted by atomic mass is 16.2. The second-order valence-corrected chi connectivity index (χ2v) is 7.18. The molecule has 0 spiro atoms. The van der Waals surface area contributed by atoms with Crippen molar-refractivity contribution in [3.8, 4) is 0 Å². The van der Waals surface area contributed by atoms with Gasteiger partial charge in [0, 0.05) is 6.04 Å². The average Bonchev–Trinajstić information content (AvgIpc) is 3.02. The van der Waals surface area contributed by atoms with E-state index >= 15 is 0 Å². The van der Waals surface area contributed by atoms with Gasteiger partial charge in [0.2, 0.25) is 0 Å². The largest absolute Gasteiger partial charge is 0.348 e. The molecule has 4 atom stereocenters. The zero-order chi connectivity index (χ0) is 13.2. The minimum Gasteiger partial charge on any atom is -0.348 e. The van der Waals surface area contributed by atoms with E-state index in [9.17, 15) is 4.79 Å². The summed E-state index contributed by atoms with van der Waals surface area (Å²) in [6.07, 6.45) is 9.60. The molecule has 0 aromatic carbocycles. The summed E-state index contributed by atoms with van der Waals surface area (Å²) in [6, 6.07) is 0.395. The van der Waals surface area contributed by atoms with E-state index in [-0.39, 0.29) is 5.91 Å². The molecule has 3 aliphatic rings. The molecule has 3 nitrogen and oxygen atoms in total. The lowest BCUT2D eigenvalue weighted by molar-refractivity contribution is -0.896. The Labute approximate surface area is 117 Å². The summed E-state index contributed by atoms with van der Waals surface area (Å²) in [6.45, 7) is 5.31. The normalized spacial score (nSPS) is 36.4. The molecule has 1 aliphatic heterocycles. The molecule has 2 aliphatic carbocycles. The van der Waals surface area contributed by atoms with Gasteiger partial charge in [-0.25, -0.2) is 0 Å². The molecule has 3 fully saturated rings. The molecule has 0 aromatic rings. The Morgan fingerprint density at radius 3 is 2.63 bits per heavy atom. The monoisotopic (exact) mass is 265 g/mol. The first kappa shape index (κ1) is 13.4. The van der Waals surface area contributed by atoms with Crippen molar-refractivity contribution in [2.75, 3.05) is 19.6 Å². The van der Waals surface area contributed by atoms with Gasteiger partial charge in [-0.1, -0.05) is 6.42 Å². The molecule has 3 heteroatoms. The van der Waals surface area contributed by atoms with E-state index in [1.807, 2.05) is 0 Å². The lowest BCUT2D eigenvalue weighted by atomic mass is 9.84. The quantitative estimate of drug-likeness (QED) is 0.781. The Bertz CT molecular complexity index is 325. The average molecular weight is 265 g/mol. The minimum atomic E-state index is 0.284. The molecule has 0 radical (unpaired) electrons. The maximum Gasteiger partial charge on any atom is 0.275 e. The van der Waals surface area contributed by atoms with Crippen LogP contribution in [0.25, 0.3) is 0 Å². The van der Waals surface area contributed by atoms with Gasteiger partial charge in [-0.05, 0) is 63.2 Å². The number of carbonyl (C=O) groups is 1. The van der Waals surface area contributed by atoms with Crippen LogP contribution < -0.4 is 10.2 Å². The molecule has 19 heavy (non-hydrogen) atoms. The Morgan fingerprint density at radius 1 is 1.21 bits per heavy atom. The summed E-state index contributed by atoms with van der Waals surface area (Å²) in [4.78, 5) is 13.6. The number of rotatable bonds is 4. The lowest BCUT2D eigenvalue weighted by Crippen LogP contribution is -3.14. The molecule has 0 unspecified atom stereocenters. The summed E-state index contributed by atoms with van der Waals surface area (Å²) in [5.74, 6) is 2.93. The summed E-state index contributed by atoms with van der Waals surface area (Å²) in [5, 5.41) is 3.29. The van der Waals surface area contributed by atoms with E-state index < -0.39 is 0 Å². The van der Waals surface area contributed by atoms with Gasteiger partial charge >= 0.3 is 0 Å². The fraction of sp³-hybridized carbons (Fsp3) is 0.938. The van der Waals surface area contributed by atoms with Crippen molar-refractivity contribution in [1.29, 1.82) is 0 Å². The standard InChI is InChI=1S/C16H28N2O/c1-12(15-10-13-5-6-14(15)9-13)17-16(19)11-18-7-3-2-4-8-18/h12-15H,2-11H2,1H3,(H,17,19)/p+1/t12-,13-,14+,15+/m1/s1. The van der Waals surface area contributed by atoms with E-state index in [1.54, 1.807) is 0 Å². The summed E-state index contributed by atoms with van der Waals surface area (Å²) in [7, 11) is 0. The van der Waals surface area contributed by atoms with Gasteiger partial charge in [0.15, 0.2) is 6.54 Å². The molecular formula is C16H29N2O+. The first-order valence-corrected chi connectivity index (χ1v) is 8.35. The SMILES string of the molecule is C[C@@H](NC(=O)C[NH+]1CCCCC1)[C@@H]1C[C@@H]2CC[C@H]1C2. The van der Waals surface area contributed by atoms with Crippen LogP contribution in [0.4, 0.5) is 0 Å². The van der Waals surface area contributed by atoms with Crippen molar-refractivity contribution >= 4 is 5.91 Å². The minimum absolute atomic E-state index is 0.284. The van der Waals surface area contributed by atoms with Crippen molar-refractivity contribution in [3.05, 3.63) is 0 Å². The molecule has 1 heterocycles. The molecule has 1 amide bonds. The first-order valence-electron chi connectivity index (χ1n) is 8.35. The molecule has 2 bridgehead atoms. The molecule has 108 valence electrons. The van der Waals surface area contributed by atoms with Gasteiger partial charge in [0.05, 0.1) is 13.1 Å². The summed E-state index contributed by atoms with van der Waals surface area (Å²) >= 11 is 0. The van der Waals surface area contributed by atoms with Crippen molar-refractivity contribution < 1.29 is 9.69 Å². The Morgan fingerprint density at radius 2 is 2.00 bits per heavy atom. The van der Waals surface area contributed by atoms with E-state index in [1.165, 1.54) is 62.9 Å². The molecule has 3 rings (SSSR count). The molecular weight excluding hydrogens is 236 g/mol. The van der Waals surface area contributed by atoms with Crippen LogP contribution in [0.15, 0.2) is 0 Å². The van der Waals surface area contributed by atoms with Gasteiger partial charge in [-0.15, -0.1) is 0 Å². The predicted octanol–water partition coefficient (Wildman–Crippen LogP) is 0.996. The summed E-state index contributed by atoms with van der Waals surface area (Å²) in [5.41, 5.74) is 0. The number of fused-ring (bicyclic) bond motifs is 2. The third kappa shape index (κ3) is 3.13. The molecule has 2 N–H and O–H groups in total. The number of likely N-dealkylation sites (tertiary alicyclic amines) is 1. The number of piperidine rings is 1. The first-order chi connectivity index (χ1) is 9.22. The zero-order valence-corrected chi connectivity index (χ0v) is 12.3. The molecule has 1 saturated heterocycles. The van der Waals surface area contributed by atoms with Gasteiger partial charge in [0.1, 0.15) is 0 Å². The number of carbonyl (C=O) groups excluding carboxylic acids is 1. The number of amides is 1. The second kappa shape index (κ2) is 5.82. The summed E-state index contributed by atoms with van der Waals surface area (Å²) < 4.78 is 0. The van der Waals surface area contributed by atoms with Crippen LogP contribution in [-0.4, -0.2) is 31.6 Å². The van der Waals surface area contributed by atoms with Crippen molar-refractivity contribution in [1.82, 2.24) is 5.32 Å². The van der Waals surface area contributed by atoms with Crippen LogP contribution in [0, 0.1) is 17.8 Å². The van der Waals surface area contributed by atoms with E-state index in [4.69, 9.17) is 0 Å². The number of hydrogen-bond donors (Lipinski definition) is 2. The maximum atomic E-state index is 12.2. The van der Waals surface area contributed by atoms with Crippen LogP contribution >= 0.6 is 0 Å². The van der Waals surface area contributed by atoms with Gasteiger partial charge in [-0.3, -0.25) is 4.79 Å². The van der Waals surface area contributed by atoms with Crippen molar-refractivity contribution in [2.45, 2.75) is 57.9 Å². The van der Waals surface area contributed by atoms with Crippen molar-refractivity contribution in [2.24, 2.45) is 17.8 Å². The number of quaternary nitrogens is 1. The van der Waals surface area contributed by atoms with Gasteiger partial charge in [-0.2, -0.15) is 0 Å². The maximum absolute atomic E-state index is 12.2. The van der Waals surface area contributed by atoms with Gasteiger partial charge < -0.3 is 10.2 Å². The lowest BCUT2D eigenvalue weighted by Gasteiger charge is -2.29. The number of nitrogens with one attached hydrogen (secondary N) is 2. The van der Waals surface area contributed by atoms with Gasteiger partial charge in [0.25, 0.3) is 5.91 Å². The van der Waals surface area contributed by atoms with Crippen LogP contribution in [0.2, 0.25) is 0 Å². The zero-order valence-electron chi connectivity index (χ0n) is 12.3. The smallest absolute Gasteiger partial charge is 0.275 e. The van der Waals surface area contributed by atoms with E-state index in [2.05, 4.69) is 12.2 Å². The Balaban J connectivity index is 1.43. The highest BCUT2D eigenvalue weighted by Crippen LogP contribution is 2.49. The van der Waals surface area contributed by atoms with Crippen LogP contribution in [-0.2, 0) is 4.79 Å². The Hall–Kier alpha value is -0.570. The van der Waals surface area contributed by atoms with E-state index in [0.717, 1.165) is 17.8 Å². The fourth-order valence-corrected chi connectivity index (χ4v) is 4.77. The van der Waals surface area contributed by atoms with Crippen LogP contribution in [0.3, 0.4) is 0 Å². The predicted molar refractivity (Wildman–Crippen MR) is 76.0 cm³/mol. The number of hydrogen-bond acceptors (Lipinski definition) is 1. The van der Waals surface area contributed by atoms with Crippen molar-refractivity contribution in [3.63, 3.8) is 0 Å². The highest BCUT2D eigenvalue weighted by Gasteiger charge is 2.42. The highest BCUT2D eigenvalue weighted by molar-refractivity contribution is 5.77.